The lowest BCUT2D eigenvalue weighted by Crippen LogP contribution is -2.02. The van der Waals surface area contributed by atoms with E-state index < -0.39 is 9.85 Å². The standard InChI is InChI=1S/C12H11N3O5S/c1-20-9-2-3-10(11(5-9)14(16)17)13-6-8-4-12(15(18)19)21-7-8/h2-5,7,13H,6H2,1H3. The third-order valence-corrected chi connectivity index (χ3v) is 3.63. The summed E-state index contributed by atoms with van der Waals surface area (Å²) in [5, 5.41) is 26.2. The average Bonchev–Trinajstić information content (AvgIpc) is 2.94. The van der Waals surface area contributed by atoms with E-state index in [-0.39, 0.29) is 17.2 Å². The van der Waals surface area contributed by atoms with Gasteiger partial charge >= 0.3 is 5.00 Å². The lowest BCUT2D eigenvalue weighted by molar-refractivity contribution is -0.384. The summed E-state index contributed by atoms with van der Waals surface area (Å²) in [7, 11) is 1.43. The Morgan fingerprint density at radius 2 is 2.00 bits per heavy atom. The van der Waals surface area contributed by atoms with Gasteiger partial charge < -0.3 is 10.1 Å². The van der Waals surface area contributed by atoms with E-state index in [2.05, 4.69) is 5.32 Å². The van der Waals surface area contributed by atoms with Crippen LogP contribution in [0, 0.1) is 20.2 Å². The van der Waals surface area contributed by atoms with E-state index >= 15 is 0 Å². The molecule has 2 rings (SSSR count). The first kappa shape index (κ1) is 14.7. The monoisotopic (exact) mass is 309 g/mol. The molecule has 8 nitrogen and oxygen atoms in total. The van der Waals surface area contributed by atoms with Crippen molar-refractivity contribution >= 4 is 27.7 Å². The molecule has 0 bridgehead atoms. The summed E-state index contributed by atoms with van der Waals surface area (Å²) in [6, 6.07) is 5.90. The van der Waals surface area contributed by atoms with Crippen LogP contribution in [0.15, 0.2) is 29.6 Å². The Kier molecular flexibility index (Phi) is 4.33. The highest BCUT2D eigenvalue weighted by Gasteiger charge is 2.16. The van der Waals surface area contributed by atoms with Crippen LogP contribution in [0.3, 0.4) is 0 Å². The zero-order valence-electron chi connectivity index (χ0n) is 10.9. The SMILES string of the molecule is COc1ccc(NCc2csc([N+](=O)[O-])c2)c([N+](=O)[O-])c1. The van der Waals surface area contributed by atoms with E-state index in [4.69, 9.17) is 4.74 Å². The van der Waals surface area contributed by atoms with Gasteiger partial charge in [-0.05, 0) is 17.7 Å². The second-order valence-electron chi connectivity index (χ2n) is 4.04. The largest absolute Gasteiger partial charge is 0.496 e. The van der Waals surface area contributed by atoms with Crippen LogP contribution in [-0.2, 0) is 6.54 Å². The molecule has 0 saturated carbocycles. The van der Waals surface area contributed by atoms with Gasteiger partial charge in [-0.25, -0.2) is 0 Å². The molecule has 0 unspecified atom stereocenters. The number of anilines is 1. The molecule has 1 N–H and O–H groups in total. The second kappa shape index (κ2) is 6.18. The predicted octanol–water partition coefficient (Wildman–Crippen LogP) is 3.19. The number of nitrogens with one attached hydrogen (secondary N) is 1. The van der Waals surface area contributed by atoms with Crippen molar-refractivity contribution in [2.75, 3.05) is 12.4 Å². The third-order valence-electron chi connectivity index (χ3n) is 2.70. The molecule has 21 heavy (non-hydrogen) atoms. The van der Waals surface area contributed by atoms with Crippen LogP contribution in [0.5, 0.6) is 5.75 Å². The Hall–Kier alpha value is -2.68. The molecule has 9 heteroatoms. The Morgan fingerprint density at radius 3 is 2.57 bits per heavy atom. The highest BCUT2D eigenvalue weighted by atomic mass is 32.1. The highest BCUT2D eigenvalue weighted by molar-refractivity contribution is 7.13. The molecule has 0 aliphatic heterocycles. The summed E-state index contributed by atoms with van der Waals surface area (Å²) in [4.78, 5) is 20.6. The number of thiophene rings is 1. The molecule has 0 aliphatic carbocycles. The summed E-state index contributed by atoms with van der Waals surface area (Å²) in [6.45, 7) is 0.261. The summed E-state index contributed by atoms with van der Waals surface area (Å²) in [5.74, 6) is 0.387. The fourth-order valence-corrected chi connectivity index (χ4v) is 2.42. The Morgan fingerprint density at radius 1 is 1.24 bits per heavy atom. The number of nitro groups is 2. The molecule has 2 aromatic rings. The van der Waals surface area contributed by atoms with Gasteiger partial charge in [-0.3, -0.25) is 20.2 Å². The molecule has 1 aromatic carbocycles. The fourth-order valence-electron chi connectivity index (χ4n) is 1.69. The van der Waals surface area contributed by atoms with Gasteiger partial charge in [0.2, 0.25) is 0 Å². The predicted molar refractivity (Wildman–Crippen MR) is 77.9 cm³/mol. The van der Waals surface area contributed by atoms with Crippen molar-refractivity contribution in [3.63, 3.8) is 0 Å². The van der Waals surface area contributed by atoms with Crippen LogP contribution in [0.25, 0.3) is 0 Å². The first-order valence-corrected chi connectivity index (χ1v) is 6.67. The zero-order valence-corrected chi connectivity index (χ0v) is 11.8. The number of hydrogen-bond acceptors (Lipinski definition) is 7. The molecular formula is C12H11N3O5S. The van der Waals surface area contributed by atoms with Crippen molar-refractivity contribution in [2.45, 2.75) is 6.54 Å². The zero-order chi connectivity index (χ0) is 15.4. The van der Waals surface area contributed by atoms with E-state index in [9.17, 15) is 20.2 Å². The van der Waals surface area contributed by atoms with Crippen LogP contribution >= 0.6 is 11.3 Å². The van der Waals surface area contributed by atoms with Crippen molar-refractivity contribution in [3.05, 3.63) is 55.4 Å². The number of ether oxygens (including phenoxy) is 1. The smallest absolute Gasteiger partial charge is 0.324 e. The average molecular weight is 309 g/mol. The Bertz CT molecular complexity index is 685. The normalized spacial score (nSPS) is 10.1. The van der Waals surface area contributed by atoms with Crippen molar-refractivity contribution in [3.8, 4) is 5.75 Å². The van der Waals surface area contributed by atoms with Gasteiger partial charge in [0, 0.05) is 18.0 Å². The molecule has 0 fully saturated rings. The molecule has 1 aromatic heterocycles. The topological polar surface area (TPSA) is 108 Å². The molecule has 0 atom stereocenters. The molecule has 0 saturated heterocycles. The van der Waals surface area contributed by atoms with Crippen LogP contribution in [0.1, 0.15) is 5.56 Å². The lowest BCUT2D eigenvalue weighted by Gasteiger charge is -2.07. The second-order valence-corrected chi connectivity index (χ2v) is 4.93. The number of benzene rings is 1. The number of nitrogens with zero attached hydrogens (tertiary/aromatic N) is 2. The molecule has 0 spiro atoms. The summed E-state index contributed by atoms with van der Waals surface area (Å²) in [6.07, 6.45) is 0. The third kappa shape index (κ3) is 3.45. The maximum absolute atomic E-state index is 11.0. The molecule has 0 amide bonds. The summed E-state index contributed by atoms with van der Waals surface area (Å²) < 4.78 is 4.95. The van der Waals surface area contributed by atoms with Gasteiger partial charge in [0.1, 0.15) is 11.4 Å². The molecule has 0 aliphatic rings. The van der Waals surface area contributed by atoms with Crippen molar-refractivity contribution in [2.24, 2.45) is 0 Å². The number of rotatable bonds is 6. The fraction of sp³-hybridized carbons (Fsp3) is 0.167. The van der Waals surface area contributed by atoms with Crippen LogP contribution in [0.2, 0.25) is 0 Å². The van der Waals surface area contributed by atoms with E-state index in [0.717, 1.165) is 11.3 Å². The molecular weight excluding hydrogens is 298 g/mol. The van der Waals surface area contributed by atoms with Crippen molar-refractivity contribution in [1.82, 2.24) is 0 Å². The van der Waals surface area contributed by atoms with Crippen LogP contribution < -0.4 is 10.1 Å². The van der Waals surface area contributed by atoms with Crippen LogP contribution in [0.4, 0.5) is 16.4 Å². The Labute approximate surface area is 123 Å². The van der Waals surface area contributed by atoms with Crippen molar-refractivity contribution in [1.29, 1.82) is 0 Å². The number of nitro benzene ring substituents is 1. The molecule has 1 heterocycles. The number of hydrogen-bond donors (Lipinski definition) is 1. The molecule has 0 radical (unpaired) electrons. The highest BCUT2D eigenvalue weighted by Crippen LogP contribution is 2.30. The van der Waals surface area contributed by atoms with Gasteiger partial charge in [-0.2, -0.15) is 0 Å². The van der Waals surface area contributed by atoms with Gasteiger partial charge in [-0.1, -0.05) is 11.3 Å². The van der Waals surface area contributed by atoms with Crippen molar-refractivity contribution < 1.29 is 14.6 Å². The minimum absolute atomic E-state index is 0.0380. The maximum atomic E-state index is 11.0. The quantitative estimate of drug-likeness (QED) is 0.648. The van der Waals surface area contributed by atoms with E-state index in [1.165, 1.54) is 25.3 Å². The van der Waals surface area contributed by atoms with Crippen LogP contribution in [-0.4, -0.2) is 17.0 Å². The van der Waals surface area contributed by atoms with E-state index in [1.807, 2.05) is 0 Å². The Balaban J connectivity index is 2.15. The lowest BCUT2D eigenvalue weighted by atomic mass is 10.2. The van der Waals surface area contributed by atoms with Gasteiger partial charge in [-0.15, -0.1) is 0 Å². The maximum Gasteiger partial charge on any atom is 0.324 e. The minimum atomic E-state index is -0.513. The van der Waals surface area contributed by atoms with Gasteiger partial charge in [0.25, 0.3) is 5.69 Å². The van der Waals surface area contributed by atoms with E-state index in [1.54, 1.807) is 11.4 Å². The minimum Gasteiger partial charge on any atom is -0.496 e. The summed E-state index contributed by atoms with van der Waals surface area (Å²) >= 11 is 1.02. The summed E-state index contributed by atoms with van der Waals surface area (Å²) in [5.41, 5.74) is 0.908. The number of methoxy groups -OCH3 is 1. The van der Waals surface area contributed by atoms with Gasteiger partial charge in [0.15, 0.2) is 0 Å². The first-order chi connectivity index (χ1) is 10.0. The van der Waals surface area contributed by atoms with E-state index in [0.29, 0.717) is 17.0 Å². The molecule has 110 valence electrons. The first-order valence-electron chi connectivity index (χ1n) is 5.79. The van der Waals surface area contributed by atoms with Gasteiger partial charge in [0.05, 0.1) is 23.0 Å².